The number of carbonyl (C=O) groups excluding carboxylic acids is 1. The fourth-order valence-corrected chi connectivity index (χ4v) is 2.75. The number of furan rings is 1. The number of amides is 1. The smallest absolute Gasteiger partial charge is 0.286 e. The van der Waals surface area contributed by atoms with E-state index in [1.807, 2.05) is 29.1 Å². The van der Waals surface area contributed by atoms with Crippen LogP contribution in [0.2, 0.25) is 0 Å². The quantitative estimate of drug-likeness (QED) is 0.595. The summed E-state index contributed by atoms with van der Waals surface area (Å²) in [7, 11) is 0. The Morgan fingerprint density at radius 1 is 1.18 bits per heavy atom. The van der Waals surface area contributed by atoms with Crippen LogP contribution in [0.15, 0.2) is 59.3 Å². The van der Waals surface area contributed by atoms with Crippen molar-refractivity contribution in [2.75, 3.05) is 6.54 Å². The molecule has 0 spiro atoms. The Morgan fingerprint density at radius 3 is 2.64 bits per heavy atom. The Labute approximate surface area is 165 Å². The van der Waals surface area contributed by atoms with Gasteiger partial charge in [-0.05, 0) is 47.7 Å². The summed E-state index contributed by atoms with van der Waals surface area (Å²) < 4.78 is 13.2. The number of hydrogen-bond donors (Lipinski definition) is 1. The van der Waals surface area contributed by atoms with Gasteiger partial charge in [0, 0.05) is 25.5 Å². The Hall–Kier alpha value is -3.02. The molecule has 3 aromatic rings. The fraction of sp³-hybridized carbons (Fsp3) is 0.364. The van der Waals surface area contributed by atoms with Crippen LogP contribution in [0.1, 0.15) is 49.1 Å². The van der Waals surface area contributed by atoms with Gasteiger partial charge in [-0.2, -0.15) is 5.10 Å². The molecule has 148 valence electrons. The zero-order valence-electron chi connectivity index (χ0n) is 16.6. The summed E-state index contributed by atoms with van der Waals surface area (Å²) in [5, 5.41) is 6.98. The lowest BCUT2D eigenvalue weighted by molar-refractivity contribution is 0.0921. The minimum Gasteiger partial charge on any atom is -0.486 e. The summed E-state index contributed by atoms with van der Waals surface area (Å²) in [5.74, 6) is 1.46. The predicted molar refractivity (Wildman–Crippen MR) is 107 cm³/mol. The van der Waals surface area contributed by atoms with Crippen molar-refractivity contribution in [2.24, 2.45) is 0 Å². The Morgan fingerprint density at radius 2 is 1.96 bits per heavy atom. The number of aromatic nitrogens is 2. The van der Waals surface area contributed by atoms with Crippen molar-refractivity contribution in [3.8, 4) is 5.75 Å². The van der Waals surface area contributed by atoms with Gasteiger partial charge in [0.25, 0.3) is 5.91 Å². The van der Waals surface area contributed by atoms with E-state index in [9.17, 15) is 4.79 Å². The highest BCUT2D eigenvalue weighted by molar-refractivity contribution is 5.91. The molecule has 0 fully saturated rings. The molecular formula is C22H27N3O3. The van der Waals surface area contributed by atoms with Crippen molar-refractivity contribution in [3.05, 3.63) is 71.9 Å². The topological polar surface area (TPSA) is 69.3 Å². The molecule has 6 heteroatoms. The highest BCUT2D eigenvalue weighted by Gasteiger charge is 2.14. The maximum absolute atomic E-state index is 12.2. The monoisotopic (exact) mass is 381 g/mol. The first-order chi connectivity index (χ1) is 13.4. The van der Waals surface area contributed by atoms with E-state index in [0.29, 0.717) is 18.1 Å². The van der Waals surface area contributed by atoms with E-state index in [-0.39, 0.29) is 17.9 Å². The van der Waals surface area contributed by atoms with Crippen molar-refractivity contribution < 1.29 is 13.9 Å². The van der Waals surface area contributed by atoms with Gasteiger partial charge in [-0.1, -0.05) is 32.9 Å². The summed E-state index contributed by atoms with van der Waals surface area (Å²) in [4.78, 5) is 12.2. The third kappa shape index (κ3) is 5.49. The Bertz CT molecular complexity index is 875. The van der Waals surface area contributed by atoms with Gasteiger partial charge in [0.2, 0.25) is 0 Å². The van der Waals surface area contributed by atoms with Gasteiger partial charge >= 0.3 is 0 Å². The minimum atomic E-state index is -0.221. The van der Waals surface area contributed by atoms with Gasteiger partial charge in [-0.25, -0.2) is 0 Å². The third-order valence-corrected chi connectivity index (χ3v) is 4.40. The first-order valence-electron chi connectivity index (χ1n) is 9.49. The number of hydrogen-bond acceptors (Lipinski definition) is 4. The molecule has 0 atom stereocenters. The van der Waals surface area contributed by atoms with E-state index in [2.05, 4.69) is 43.3 Å². The molecule has 6 nitrogen and oxygen atoms in total. The molecule has 0 aliphatic heterocycles. The van der Waals surface area contributed by atoms with Crippen molar-refractivity contribution in [1.29, 1.82) is 0 Å². The normalized spacial score (nSPS) is 11.4. The number of benzene rings is 1. The molecule has 1 aromatic carbocycles. The molecule has 1 amide bonds. The van der Waals surface area contributed by atoms with Gasteiger partial charge in [0.15, 0.2) is 5.76 Å². The van der Waals surface area contributed by atoms with Crippen LogP contribution in [0, 0.1) is 0 Å². The minimum absolute atomic E-state index is 0.111. The average molecular weight is 381 g/mol. The molecule has 0 aliphatic carbocycles. The van der Waals surface area contributed by atoms with Crippen LogP contribution >= 0.6 is 0 Å². The van der Waals surface area contributed by atoms with E-state index in [1.165, 1.54) is 5.56 Å². The van der Waals surface area contributed by atoms with E-state index in [1.54, 1.807) is 18.3 Å². The van der Waals surface area contributed by atoms with Crippen LogP contribution in [-0.2, 0) is 18.6 Å². The standard InChI is InChI=1S/C22H27N3O3/c1-22(2,3)17-6-8-18(9-7-17)27-16-19-10-11-20(28-19)21(26)23-12-4-14-25-15-5-13-24-25/h5-11,13,15H,4,12,14,16H2,1-3H3,(H,23,26). The van der Waals surface area contributed by atoms with E-state index in [0.717, 1.165) is 18.7 Å². The van der Waals surface area contributed by atoms with Crippen molar-refractivity contribution in [2.45, 2.75) is 45.8 Å². The van der Waals surface area contributed by atoms with Crippen molar-refractivity contribution in [1.82, 2.24) is 15.1 Å². The van der Waals surface area contributed by atoms with E-state index in [4.69, 9.17) is 9.15 Å². The highest BCUT2D eigenvalue weighted by atomic mass is 16.5. The molecule has 28 heavy (non-hydrogen) atoms. The zero-order valence-corrected chi connectivity index (χ0v) is 16.6. The number of aryl methyl sites for hydroxylation is 1. The lowest BCUT2D eigenvalue weighted by Gasteiger charge is -2.19. The first-order valence-corrected chi connectivity index (χ1v) is 9.49. The number of ether oxygens (including phenoxy) is 1. The van der Waals surface area contributed by atoms with Crippen LogP contribution < -0.4 is 10.1 Å². The number of rotatable bonds is 8. The maximum Gasteiger partial charge on any atom is 0.286 e. The molecule has 3 rings (SSSR count). The lowest BCUT2D eigenvalue weighted by atomic mass is 9.87. The number of nitrogens with one attached hydrogen (secondary N) is 1. The number of nitrogens with zero attached hydrogens (tertiary/aromatic N) is 2. The first kappa shape index (κ1) is 19.7. The van der Waals surface area contributed by atoms with Crippen molar-refractivity contribution >= 4 is 5.91 Å². The second kappa shape index (κ2) is 8.78. The highest BCUT2D eigenvalue weighted by Crippen LogP contribution is 2.24. The number of carbonyl (C=O) groups is 1. The average Bonchev–Trinajstić information content (AvgIpc) is 3.35. The Balaban J connectivity index is 1.43. The molecule has 0 unspecified atom stereocenters. The second-order valence-corrected chi connectivity index (χ2v) is 7.71. The molecule has 0 bridgehead atoms. The van der Waals surface area contributed by atoms with Crippen LogP contribution in [0.3, 0.4) is 0 Å². The largest absolute Gasteiger partial charge is 0.486 e. The molecule has 0 aliphatic rings. The van der Waals surface area contributed by atoms with Gasteiger partial charge in [0.05, 0.1) is 0 Å². The SMILES string of the molecule is CC(C)(C)c1ccc(OCc2ccc(C(=O)NCCCn3cccn3)o2)cc1. The second-order valence-electron chi connectivity index (χ2n) is 7.71. The lowest BCUT2D eigenvalue weighted by Crippen LogP contribution is -2.24. The Kier molecular flexibility index (Phi) is 6.19. The summed E-state index contributed by atoms with van der Waals surface area (Å²) >= 11 is 0. The molecule has 2 heterocycles. The van der Waals surface area contributed by atoms with E-state index < -0.39 is 0 Å². The van der Waals surface area contributed by atoms with E-state index >= 15 is 0 Å². The van der Waals surface area contributed by atoms with Crippen LogP contribution in [-0.4, -0.2) is 22.2 Å². The summed E-state index contributed by atoms with van der Waals surface area (Å²) in [5.41, 5.74) is 1.37. The van der Waals surface area contributed by atoms with Crippen LogP contribution in [0.4, 0.5) is 0 Å². The molecule has 2 aromatic heterocycles. The molecule has 0 saturated carbocycles. The summed E-state index contributed by atoms with van der Waals surface area (Å²) in [6.07, 6.45) is 4.44. The summed E-state index contributed by atoms with van der Waals surface area (Å²) in [6, 6.07) is 13.4. The van der Waals surface area contributed by atoms with Gasteiger partial charge in [-0.3, -0.25) is 9.48 Å². The molecule has 1 N–H and O–H groups in total. The third-order valence-electron chi connectivity index (χ3n) is 4.40. The van der Waals surface area contributed by atoms with Crippen molar-refractivity contribution in [3.63, 3.8) is 0 Å². The fourth-order valence-electron chi connectivity index (χ4n) is 2.75. The van der Waals surface area contributed by atoms with Gasteiger partial charge < -0.3 is 14.5 Å². The maximum atomic E-state index is 12.2. The van der Waals surface area contributed by atoms with Gasteiger partial charge in [-0.15, -0.1) is 0 Å². The zero-order chi connectivity index (χ0) is 20.0. The predicted octanol–water partition coefficient (Wildman–Crippen LogP) is 4.17. The summed E-state index contributed by atoms with van der Waals surface area (Å²) in [6.45, 7) is 8.13. The molecule has 0 saturated heterocycles. The molecule has 0 radical (unpaired) electrons. The molecular weight excluding hydrogens is 354 g/mol. The van der Waals surface area contributed by atoms with Crippen LogP contribution in [0.5, 0.6) is 5.75 Å². The van der Waals surface area contributed by atoms with Gasteiger partial charge in [0.1, 0.15) is 18.1 Å². The van der Waals surface area contributed by atoms with Crippen LogP contribution in [0.25, 0.3) is 0 Å².